The lowest BCUT2D eigenvalue weighted by Crippen LogP contribution is -2.12. The van der Waals surface area contributed by atoms with Crippen molar-refractivity contribution in [1.29, 1.82) is 0 Å². The zero-order valence-electron chi connectivity index (χ0n) is 11.1. The van der Waals surface area contributed by atoms with E-state index in [1.54, 1.807) is 18.2 Å². The lowest BCUT2D eigenvalue weighted by molar-refractivity contribution is -0.114. The maximum Gasteiger partial charge on any atom is 0.336 e. The number of carbonyl (C=O) groups is 2. The van der Waals surface area contributed by atoms with E-state index in [-0.39, 0.29) is 11.5 Å². The van der Waals surface area contributed by atoms with Crippen molar-refractivity contribution in [3.8, 4) is 0 Å². The van der Waals surface area contributed by atoms with Crippen molar-refractivity contribution < 1.29 is 14.7 Å². The second-order valence-corrected chi connectivity index (χ2v) is 4.48. The number of rotatable bonds is 4. The molecule has 0 atom stereocenters. The molecule has 1 amide bonds. The fourth-order valence-corrected chi connectivity index (χ4v) is 2.08. The zero-order chi connectivity index (χ0) is 14.5. The van der Waals surface area contributed by atoms with Crippen LogP contribution in [0.2, 0.25) is 0 Å². The number of carboxylic acid groups (broad SMARTS) is 1. The maximum atomic E-state index is 11.3. The Morgan fingerprint density at radius 3 is 2.35 bits per heavy atom. The molecule has 0 aliphatic heterocycles. The van der Waals surface area contributed by atoms with Crippen molar-refractivity contribution in [2.45, 2.75) is 13.3 Å². The van der Waals surface area contributed by atoms with Crippen LogP contribution in [0.15, 0.2) is 48.5 Å². The van der Waals surface area contributed by atoms with Gasteiger partial charge in [-0.25, -0.2) is 4.79 Å². The lowest BCUT2D eigenvalue weighted by atomic mass is 9.97. The van der Waals surface area contributed by atoms with Crippen molar-refractivity contribution >= 4 is 17.6 Å². The highest BCUT2D eigenvalue weighted by Crippen LogP contribution is 2.23. The van der Waals surface area contributed by atoms with Crippen LogP contribution in [-0.4, -0.2) is 17.0 Å². The van der Waals surface area contributed by atoms with Crippen LogP contribution >= 0.6 is 0 Å². The Labute approximate surface area is 117 Å². The molecule has 20 heavy (non-hydrogen) atoms. The predicted molar refractivity (Wildman–Crippen MR) is 77.0 cm³/mol. The molecule has 2 N–H and O–H groups in total. The van der Waals surface area contributed by atoms with E-state index in [2.05, 4.69) is 5.32 Å². The van der Waals surface area contributed by atoms with Gasteiger partial charge in [0.1, 0.15) is 0 Å². The van der Waals surface area contributed by atoms with E-state index in [0.29, 0.717) is 17.7 Å². The molecule has 2 aromatic carbocycles. The van der Waals surface area contributed by atoms with Gasteiger partial charge < -0.3 is 10.4 Å². The summed E-state index contributed by atoms with van der Waals surface area (Å²) in [4.78, 5) is 22.6. The Kier molecular flexibility index (Phi) is 4.15. The molecular weight excluding hydrogens is 254 g/mol. The molecule has 102 valence electrons. The number of hydrogen-bond donors (Lipinski definition) is 2. The first-order valence-corrected chi connectivity index (χ1v) is 6.24. The van der Waals surface area contributed by atoms with Crippen LogP contribution in [0, 0.1) is 0 Å². The average Bonchev–Trinajstić information content (AvgIpc) is 2.41. The molecule has 0 bridgehead atoms. The number of nitrogens with one attached hydrogen (secondary N) is 1. The third-order valence-corrected chi connectivity index (χ3v) is 2.94. The van der Waals surface area contributed by atoms with Crippen LogP contribution in [0.5, 0.6) is 0 Å². The van der Waals surface area contributed by atoms with E-state index < -0.39 is 5.97 Å². The van der Waals surface area contributed by atoms with E-state index in [4.69, 9.17) is 0 Å². The van der Waals surface area contributed by atoms with Gasteiger partial charge in [-0.05, 0) is 23.3 Å². The molecular formula is C16H15NO3. The van der Waals surface area contributed by atoms with E-state index in [1.165, 1.54) is 6.92 Å². The van der Waals surface area contributed by atoms with Crippen LogP contribution in [0.25, 0.3) is 0 Å². The highest BCUT2D eigenvalue weighted by Gasteiger charge is 2.15. The number of amides is 1. The van der Waals surface area contributed by atoms with Crippen LogP contribution in [-0.2, 0) is 11.2 Å². The summed E-state index contributed by atoms with van der Waals surface area (Å²) >= 11 is 0. The lowest BCUT2D eigenvalue weighted by Gasteiger charge is -2.13. The quantitative estimate of drug-likeness (QED) is 0.896. The molecule has 0 spiro atoms. The summed E-state index contributed by atoms with van der Waals surface area (Å²) in [5.74, 6) is -1.22. The average molecular weight is 269 g/mol. The summed E-state index contributed by atoms with van der Waals surface area (Å²) < 4.78 is 0. The molecule has 0 aliphatic rings. The Balaban J connectivity index is 2.46. The molecule has 2 aromatic rings. The van der Waals surface area contributed by atoms with Crippen LogP contribution in [0.3, 0.4) is 0 Å². The summed E-state index contributed by atoms with van der Waals surface area (Å²) in [6.45, 7) is 1.40. The second kappa shape index (κ2) is 6.02. The number of carbonyl (C=O) groups excluding carboxylic acids is 1. The largest absolute Gasteiger partial charge is 0.478 e. The molecule has 4 heteroatoms. The minimum Gasteiger partial charge on any atom is -0.478 e. The highest BCUT2D eigenvalue weighted by atomic mass is 16.4. The number of carboxylic acids is 1. The molecule has 2 rings (SSSR count). The molecule has 0 aliphatic carbocycles. The van der Waals surface area contributed by atoms with Gasteiger partial charge in [0.25, 0.3) is 0 Å². The van der Waals surface area contributed by atoms with Crippen molar-refractivity contribution in [1.82, 2.24) is 0 Å². The fraction of sp³-hybridized carbons (Fsp3) is 0.125. The zero-order valence-corrected chi connectivity index (χ0v) is 11.1. The summed E-state index contributed by atoms with van der Waals surface area (Å²) in [6.07, 6.45) is 0.457. The van der Waals surface area contributed by atoms with Gasteiger partial charge in [-0.1, -0.05) is 36.4 Å². The van der Waals surface area contributed by atoms with E-state index in [0.717, 1.165) is 5.56 Å². The first-order chi connectivity index (χ1) is 9.58. The van der Waals surface area contributed by atoms with E-state index in [1.807, 2.05) is 30.3 Å². The second-order valence-electron chi connectivity index (χ2n) is 4.48. The first-order valence-electron chi connectivity index (χ1n) is 6.24. The molecule has 0 saturated heterocycles. The molecule has 0 saturated carbocycles. The molecule has 0 heterocycles. The Hall–Kier alpha value is -2.62. The topological polar surface area (TPSA) is 66.4 Å². The SMILES string of the molecule is CC(=O)Nc1cccc(C(=O)O)c1Cc1ccccc1. The van der Waals surface area contributed by atoms with Gasteiger partial charge in [-0.3, -0.25) is 4.79 Å². The van der Waals surface area contributed by atoms with Gasteiger partial charge in [0.2, 0.25) is 5.91 Å². The fourth-order valence-electron chi connectivity index (χ4n) is 2.08. The molecule has 4 nitrogen and oxygen atoms in total. The van der Waals surface area contributed by atoms with Crippen molar-refractivity contribution in [2.75, 3.05) is 5.32 Å². The Morgan fingerprint density at radius 2 is 1.75 bits per heavy atom. The van der Waals surface area contributed by atoms with Crippen LogP contribution in [0.4, 0.5) is 5.69 Å². The third kappa shape index (κ3) is 3.23. The minimum absolute atomic E-state index is 0.208. The van der Waals surface area contributed by atoms with Crippen molar-refractivity contribution in [3.63, 3.8) is 0 Å². The number of hydrogen-bond acceptors (Lipinski definition) is 2. The third-order valence-electron chi connectivity index (χ3n) is 2.94. The van der Waals surface area contributed by atoms with Gasteiger partial charge in [-0.15, -0.1) is 0 Å². The number of benzene rings is 2. The van der Waals surface area contributed by atoms with Gasteiger partial charge in [-0.2, -0.15) is 0 Å². The molecule has 0 unspecified atom stereocenters. The van der Waals surface area contributed by atoms with Gasteiger partial charge in [0, 0.05) is 19.0 Å². The molecule has 0 fully saturated rings. The van der Waals surface area contributed by atoms with Gasteiger partial charge in [0.15, 0.2) is 0 Å². The van der Waals surface area contributed by atoms with Crippen molar-refractivity contribution in [3.05, 3.63) is 65.2 Å². The van der Waals surface area contributed by atoms with E-state index >= 15 is 0 Å². The summed E-state index contributed by atoms with van der Waals surface area (Å²) in [5.41, 5.74) is 2.36. The summed E-state index contributed by atoms with van der Waals surface area (Å²) in [7, 11) is 0. The number of aromatic carboxylic acids is 1. The molecule has 0 radical (unpaired) electrons. The minimum atomic E-state index is -0.997. The van der Waals surface area contributed by atoms with Gasteiger partial charge in [0.05, 0.1) is 5.56 Å². The first kappa shape index (κ1) is 13.8. The smallest absolute Gasteiger partial charge is 0.336 e. The monoisotopic (exact) mass is 269 g/mol. The van der Waals surface area contributed by atoms with E-state index in [9.17, 15) is 14.7 Å². The Morgan fingerprint density at radius 1 is 1.05 bits per heavy atom. The summed E-state index contributed by atoms with van der Waals surface area (Å²) in [6, 6.07) is 14.4. The van der Waals surface area contributed by atoms with Gasteiger partial charge >= 0.3 is 5.97 Å². The van der Waals surface area contributed by atoms with Crippen molar-refractivity contribution in [2.24, 2.45) is 0 Å². The Bertz CT molecular complexity index is 635. The summed E-state index contributed by atoms with van der Waals surface area (Å²) in [5, 5.41) is 12.0. The highest BCUT2D eigenvalue weighted by molar-refractivity contribution is 5.95. The van der Waals surface area contributed by atoms with Crippen LogP contribution < -0.4 is 5.32 Å². The standard InChI is InChI=1S/C16H15NO3/c1-11(18)17-15-9-5-8-13(16(19)20)14(15)10-12-6-3-2-4-7-12/h2-9H,10H2,1H3,(H,17,18)(H,19,20). The maximum absolute atomic E-state index is 11.3. The predicted octanol–water partition coefficient (Wildman–Crippen LogP) is 2.93. The normalized spacial score (nSPS) is 10.1. The molecule has 0 aromatic heterocycles. The number of anilines is 1. The van der Waals surface area contributed by atoms with Crippen LogP contribution in [0.1, 0.15) is 28.4 Å².